The van der Waals surface area contributed by atoms with Gasteiger partial charge in [0.25, 0.3) is 0 Å². The second-order valence-corrected chi connectivity index (χ2v) is 5.77. The zero-order valence-electron chi connectivity index (χ0n) is 14.0. The van der Waals surface area contributed by atoms with Crippen LogP contribution in [-0.2, 0) is 6.61 Å². The summed E-state index contributed by atoms with van der Waals surface area (Å²) in [5.74, 6) is 1.99. The lowest BCUT2D eigenvalue weighted by Crippen LogP contribution is -2.04. The van der Waals surface area contributed by atoms with Gasteiger partial charge in [0.05, 0.1) is 13.3 Å². The smallest absolute Gasteiger partial charge is 0.216 e. The number of ether oxygens (including phenoxy) is 2. The molecule has 0 radical (unpaired) electrons. The van der Waals surface area contributed by atoms with Gasteiger partial charge in [0.2, 0.25) is 4.77 Å². The molecular formula is C18H18N4O2S. The van der Waals surface area contributed by atoms with Gasteiger partial charge in [-0.1, -0.05) is 35.9 Å². The molecular weight excluding hydrogens is 336 g/mol. The molecule has 0 amide bonds. The summed E-state index contributed by atoms with van der Waals surface area (Å²) in [4.78, 5) is 0. The molecule has 1 heterocycles. The molecule has 0 fully saturated rings. The molecule has 0 bridgehead atoms. The molecule has 0 aliphatic rings. The lowest BCUT2D eigenvalue weighted by molar-refractivity contribution is 0.288. The summed E-state index contributed by atoms with van der Waals surface area (Å²) in [6.07, 6.45) is 1.74. The minimum absolute atomic E-state index is 0.228. The van der Waals surface area contributed by atoms with Crippen molar-refractivity contribution in [2.24, 2.45) is 5.10 Å². The molecule has 2 aromatic carbocycles. The minimum Gasteiger partial charge on any atom is -0.497 e. The van der Waals surface area contributed by atoms with Crippen LogP contribution in [0, 0.1) is 11.7 Å². The lowest BCUT2D eigenvalue weighted by atomic mass is 10.2. The molecule has 7 heteroatoms. The number of rotatable bonds is 6. The second kappa shape index (κ2) is 7.76. The van der Waals surface area contributed by atoms with E-state index in [0.717, 1.165) is 11.3 Å². The molecule has 0 spiro atoms. The Hall–Kier alpha value is -2.93. The summed E-state index contributed by atoms with van der Waals surface area (Å²) in [6.45, 7) is 2.26. The van der Waals surface area contributed by atoms with E-state index in [-0.39, 0.29) is 6.61 Å². The van der Waals surface area contributed by atoms with Crippen molar-refractivity contribution in [3.8, 4) is 11.5 Å². The highest BCUT2D eigenvalue weighted by molar-refractivity contribution is 7.71. The molecule has 3 rings (SSSR count). The van der Waals surface area contributed by atoms with E-state index in [4.69, 9.17) is 21.7 Å². The number of hydrogen-bond acceptors (Lipinski definition) is 5. The summed E-state index contributed by atoms with van der Waals surface area (Å²) in [6, 6.07) is 15.4. The van der Waals surface area contributed by atoms with Gasteiger partial charge < -0.3 is 9.47 Å². The number of aromatic nitrogens is 3. The minimum atomic E-state index is 0.228. The molecule has 0 atom stereocenters. The molecule has 0 saturated carbocycles. The van der Waals surface area contributed by atoms with Gasteiger partial charge in [0, 0.05) is 6.07 Å². The zero-order chi connectivity index (χ0) is 17.6. The van der Waals surface area contributed by atoms with E-state index >= 15 is 0 Å². The maximum atomic E-state index is 5.76. The highest BCUT2D eigenvalue weighted by Crippen LogP contribution is 2.19. The first kappa shape index (κ1) is 16.9. The topological polar surface area (TPSA) is 64.4 Å². The van der Waals surface area contributed by atoms with Crippen molar-refractivity contribution in [2.75, 3.05) is 7.11 Å². The van der Waals surface area contributed by atoms with E-state index in [2.05, 4.69) is 15.3 Å². The number of methoxy groups -OCH3 is 1. The summed E-state index contributed by atoms with van der Waals surface area (Å²) in [7, 11) is 1.62. The molecule has 128 valence electrons. The van der Waals surface area contributed by atoms with Crippen molar-refractivity contribution in [1.82, 2.24) is 14.9 Å². The van der Waals surface area contributed by atoms with Crippen LogP contribution in [0.1, 0.15) is 17.0 Å². The van der Waals surface area contributed by atoms with Gasteiger partial charge >= 0.3 is 0 Å². The summed E-state index contributed by atoms with van der Waals surface area (Å²) in [5.41, 5.74) is 2.16. The predicted octanol–water partition coefficient (Wildman–Crippen LogP) is 3.72. The van der Waals surface area contributed by atoms with E-state index in [1.807, 2.05) is 55.5 Å². The first-order valence-corrected chi connectivity index (χ1v) is 8.11. The van der Waals surface area contributed by atoms with Crippen LogP contribution in [0.25, 0.3) is 0 Å². The number of benzene rings is 2. The third kappa shape index (κ3) is 4.33. The van der Waals surface area contributed by atoms with Crippen molar-refractivity contribution < 1.29 is 9.47 Å². The second-order valence-electron chi connectivity index (χ2n) is 5.38. The molecule has 3 aromatic rings. The fourth-order valence-corrected chi connectivity index (χ4v) is 2.45. The maximum absolute atomic E-state index is 5.76. The molecule has 1 aromatic heterocycles. The van der Waals surface area contributed by atoms with Crippen LogP contribution >= 0.6 is 12.2 Å². The van der Waals surface area contributed by atoms with Crippen LogP contribution in [0.3, 0.4) is 0 Å². The number of aryl methyl sites for hydroxylation is 1. The van der Waals surface area contributed by atoms with Gasteiger partial charge in [0.1, 0.15) is 18.1 Å². The fraction of sp³-hybridized carbons (Fsp3) is 0.167. The Kier molecular flexibility index (Phi) is 5.25. The van der Waals surface area contributed by atoms with Gasteiger partial charge in [-0.25, -0.2) is 5.10 Å². The Morgan fingerprint density at radius 3 is 2.80 bits per heavy atom. The monoisotopic (exact) mass is 354 g/mol. The quantitative estimate of drug-likeness (QED) is 0.541. The Balaban J connectivity index is 1.76. The van der Waals surface area contributed by atoms with Crippen LogP contribution in [0.2, 0.25) is 0 Å². The molecule has 6 nitrogen and oxygen atoms in total. The Morgan fingerprint density at radius 1 is 1.20 bits per heavy atom. The van der Waals surface area contributed by atoms with Crippen LogP contribution in [0.5, 0.6) is 11.5 Å². The highest BCUT2D eigenvalue weighted by atomic mass is 32.1. The van der Waals surface area contributed by atoms with E-state index in [1.54, 1.807) is 18.0 Å². The van der Waals surface area contributed by atoms with Crippen molar-refractivity contribution in [1.29, 1.82) is 0 Å². The van der Waals surface area contributed by atoms with Gasteiger partial charge in [0.15, 0.2) is 5.82 Å². The lowest BCUT2D eigenvalue weighted by Gasteiger charge is -2.07. The summed E-state index contributed by atoms with van der Waals surface area (Å²) < 4.78 is 12.9. The molecule has 0 unspecified atom stereocenters. The molecule has 0 aliphatic heterocycles. The first-order valence-electron chi connectivity index (χ1n) is 7.70. The van der Waals surface area contributed by atoms with Crippen molar-refractivity contribution in [2.45, 2.75) is 13.5 Å². The SMILES string of the molecule is COc1cccc(OCc2n[nH]c(=S)n2/N=C\c2cccc(C)c2)c1. The number of H-pyrrole nitrogens is 1. The Labute approximate surface area is 150 Å². The molecule has 0 aliphatic carbocycles. The average molecular weight is 354 g/mol. The highest BCUT2D eigenvalue weighted by Gasteiger charge is 2.06. The van der Waals surface area contributed by atoms with Gasteiger partial charge in [-0.05, 0) is 36.8 Å². The van der Waals surface area contributed by atoms with Crippen molar-refractivity contribution in [3.63, 3.8) is 0 Å². The van der Waals surface area contributed by atoms with Gasteiger partial charge in [-0.2, -0.15) is 14.9 Å². The normalized spacial score (nSPS) is 11.0. The number of aromatic amines is 1. The van der Waals surface area contributed by atoms with Crippen LogP contribution in [-0.4, -0.2) is 28.2 Å². The van der Waals surface area contributed by atoms with Crippen LogP contribution < -0.4 is 9.47 Å². The first-order chi connectivity index (χ1) is 12.2. The summed E-state index contributed by atoms with van der Waals surface area (Å²) in [5, 5.41) is 11.3. The van der Waals surface area contributed by atoms with E-state index in [1.165, 1.54) is 5.56 Å². The fourth-order valence-electron chi connectivity index (χ4n) is 2.25. The molecule has 1 N–H and O–H groups in total. The van der Waals surface area contributed by atoms with Gasteiger partial charge in [-0.3, -0.25) is 0 Å². The standard InChI is InChI=1S/C18H18N4O2S/c1-13-5-3-6-14(9-13)11-19-22-17(20-21-18(22)25)12-24-16-8-4-7-15(10-16)23-2/h3-11H,12H2,1-2H3,(H,21,25)/b19-11-. The number of nitrogens with one attached hydrogen (secondary N) is 1. The Morgan fingerprint density at radius 2 is 2.00 bits per heavy atom. The van der Waals surface area contributed by atoms with Crippen LogP contribution in [0.4, 0.5) is 0 Å². The van der Waals surface area contributed by atoms with E-state index in [9.17, 15) is 0 Å². The zero-order valence-corrected chi connectivity index (χ0v) is 14.8. The predicted molar refractivity (Wildman–Crippen MR) is 98.9 cm³/mol. The average Bonchev–Trinajstić information content (AvgIpc) is 2.98. The van der Waals surface area contributed by atoms with E-state index < -0.39 is 0 Å². The maximum Gasteiger partial charge on any atom is 0.216 e. The van der Waals surface area contributed by atoms with Crippen molar-refractivity contribution in [3.05, 3.63) is 70.3 Å². The van der Waals surface area contributed by atoms with E-state index in [0.29, 0.717) is 16.3 Å². The number of nitrogens with zero attached hydrogens (tertiary/aromatic N) is 3. The summed E-state index contributed by atoms with van der Waals surface area (Å²) >= 11 is 5.24. The third-order valence-electron chi connectivity index (χ3n) is 3.49. The third-order valence-corrected chi connectivity index (χ3v) is 3.76. The van der Waals surface area contributed by atoms with Gasteiger partial charge in [-0.15, -0.1) is 0 Å². The van der Waals surface area contributed by atoms with Crippen molar-refractivity contribution >= 4 is 18.4 Å². The number of hydrogen-bond donors (Lipinski definition) is 1. The van der Waals surface area contributed by atoms with Crippen LogP contribution in [0.15, 0.2) is 53.6 Å². The largest absolute Gasteiger partial charge is 0.497 e. The molecule has 0 saturated heterocycles. The molecule has 25 heavy (non-hydrogen) atoms. The Bertz CT molecular complexity index is 946.